The summed E-state index contributed by atoms with van der Waals surface area (Å²) >= 11 is 0. The summed E-state index contributed by atoms with van der Waals surface area (Å²) in [7, 11) is 0. The zero-order valence-corrected chi connectivity index (χ0v) is 22.8. The summed E-state index contributed by atoms with van der Waals surface area (Å²) in [5, 5.41) is 10.5. The number of H-pyrrole nitrogens is 1. The number of aromatic nitrogens is 3. The molecule has 200 valence electrons. The van der Waals surface area contributed by atoms with E-state index in [4.69, 9.17) is 0 Å². The molecule has 8 nitrogen and oxygen atoms in total. The minimum absolute atomic E-state index is 0.105. The van der Waals surface area contributed by atoms with Crippen LogP contribution in [0, 0.1) is 13.8 Å². The fourth-order valence-corrected chi connectivity index (χ4v) is 5.06. The van der Waals surface area contributed by atoms with E-state index in [-0.39, 0.29) is 11.8 Å². The molecule has 39 heavy (non-hydrogen) atoms. The number of nitrogens with zero attached hydrogens (tertiary/aromatic N) is 3. The molecule has 0 bridgehead atoms. The van der Waals surface area contributed by atoms with Crippen LogP contribution in [-0.2, 0) is 4.79 Å². The van der Waals surface area contributed by atoms with Gasteiger partial charge in [0.1, 0.15) is 0 Å². The van der Waals surface area contributed by atoms with Crippen molar-refractivity contribution in [2.75, 3.05) is 31.5 Å². The number of amides is 2. The molecule has 0 fully saturated rings. The highest BCUT2D eigenvalue weighted by Gasteiger charge is 2.26. The van der Waals surface area contributed by atoms with E-state index in [1.807, 2.05) is 85.5 Å². The van der Waals surface area contributed by atoms with Crippen molar-refractivity contribution >= 4 is 29.2 Å². The molecule has 0 spiro atoms. The first-order valence-electron chi connectivity index (χ1n) is 13.4. The molecule has 2 amide bonds. The van der Waals surface area contributed by atoms with Crippen LogP contribution < -0.4 is 10.6 Å². The lowest BCUT2D eigenvalue weighted by Crippen LogP contribution is -2.35. The van der Waals surface area contributed by atoms with E-state index < -0.39 is 0 Å². The summed E-state index contributed by atoms with van der Waals surface area (Å²) < 4.78 is 1.84. The first-order chi connectivity index (χ1) is 18.9. The Hall–Kier alpha value is -4.43. The molecule has 2 aromatic carbocycles. The number of aromatic amines is 1. The summed E-state index contributed by atoms with van der Waals surface area (Å²) in [6, 6.07) is 15.9. The molecule has 3 N–H and O–H groups in total. The van der Waals surface area contributed by atoms with Crippen molar-refractivity contribution in [3.8, 4) is 16.8 Å². The Bertz CT molecular complexity index is 1540. The van der Waals surface area contributed by atoms with Crippen molar-refractivity contribution in [3.63, 3.8) is 0 Å². The number of fused-ring (bicyclic) bond motifs is 1. The van der Waals surface area contributed by atoms with Crippen LogP contribution in [-0.4, -0.2) is 57.7 Å². The number of hydrogen-bond acceptors (Lipinski definition) is 4. The molecule has 8 heteroatoms. The van der Waals surface area contributed by atoms with Gasteiger partial charge in [0.25, 0.3) is 11.8 Å². The summed E-state index contributed by atoms with van der Waals surface area (Å²) in [5.74, 6) is -0.272. The molecular weight excluding hydrogens is 488 g/mol. The first-order valence-corrected chi connectivity index (χ1v) is 13.4. The van der Waals surface area contributed by atoms with Gasteiger partial charge in [0.15, 0.2) is 0 Å². The maximum atomic E-state index is 13.0. The minimum atomic E-state index is -0.168. The molecule has 2 aromatic heterocycles. The van der Waals surface area contributed by atoms with E-state index in [2.05, 4.69) is 39.5 Å². The van der Waals surface area contributed by atoms with Gasteiger partial charge in [-0.1, -0.05) is 38.1 Å². The monoisotopic (exact) mass is 522 g/mol. The number of para-hydroxylation sites is 1. The van der Waals surface area contributed by atoms with Gasteiger partial charge >= 0.3 is 0 Å². The standard InChI is InChI=1S/C31H34N6O2/c1-5-36(6-2)15-14-32-31(39)29-20(3)28(34-21(29)4)17-26-25-16-22(12-13-27(25)35-30(26)38)23-18-33-37(19-23)24-10-8-7-9-11-24/h7-13,16-19,34H,5-6,14-15H2,1-4H3,(H,32,39)(H,35,38)/b26-17-. The second kappa shape index (κ2) is 11.1. The number of nitrogens with one attached hydrogen (secondary N) is 3. The first kappa shape index (κ1) is 26.2. The predicted octanol–water partition coefficient (Wildman–Crippen LogP) is 5.05. The zero-order chi connectivity index (χ0) is 27.5. The average molecular weight is 523 g/mol. The Labute approximate surface area is 228 Å². The number of carbonyl (C=O) groups excluding carboxylic acids is 2. The lowest BCUT2D eigenvalue weighted by Gasteiger charge is -2.18. The number of anilines is 1. The Morgan fingerprint density at radius 2 is 1.85 bits per heavy atom. The SMILES string of the molecule is CCN(CC)CCNC(=O)c1c(C)[nH]c(/C=C2\C(=O)Nc3ccc(-c4cnn(-c5ccccc5)c4)cc32)c1C. The molecule has 0 atom stereocenters. The summed E-state index contributed by atoms with van der Waals surface area (Å²) in [4.78, 5) is 31.6. The van der Waals surface area contributed by atoms with E-state index in [9.17, 15) is 9.59 Å². The van der Waals surface area contributed by atoms with Gasteiger partial charge in [0, 0.05) is 47.5 Å². The summed E-state index contributed by atoms with van der Waals surface area (Å²) in [6.45, 7) is 11.3. The normalized spacial score (nSPS) is 13.7. The maximum absolute atomic E-state index is 13.0. The Morgan fingerprint density at radius 1 is 1.08 bits per heavy atom. The maximum Gasteiger partial charge on any atom is 0.256 e. The molecule has 5 rings (SSSR count). The van der Waals surface area contributed by atoms with Gasteiger partial charge in [-0.05, 0) is 68.4 Å². The lowest BCUT2D eigenvalue weighted by molar-refractivity contribution is -0.110. The molecule has 0 radical (unpaired) electrons. The Balaban J connectivity index is 1.41. The molecule has 0 saturated carbocycles. The smallest absolute Gasteiger partial charge is 0.256 e. The van der Waals surface area contributed by atoms with Crippen molar-refractivity contribution in [2.24, 2.45) is 0 Å². The third-order valence-corrected chi connectivity index (χ3v) is 7.34. The molecule has 0 aliphatic carbocycles. The number of likely N-dealkylation sites (N-methyl/N-ethyl adjacent to an activating group) is 1. The Morgan fingerprint density at radius 3 is 2.59 bits per heavy atom. The van der Waals surface area contributed by atoms with Crippen LogP contribution in [0.1, 0.15) is 46.7 Å². The van der Waals surface area contributed by atoms with Gasteiger partial charge in [-0.2, -0.15) is 5.10 Å². The van der Waals surface area contributed by atoms with Crippen LogP contribution in [0.3, 0.4) is 0 Å². The quantitative estimate of drug-likeness (QED) is 0.268. The van der Waals surface area contributed by atoms with Gasteiger partial charge in [0.05, 0.1) is 23.0 Å². The molecule has 4 aromatic rings. The van der Waals surface area contributed by atoms with Crippen LogP contribution in [0.25, 0.3) is 28.5 Å². The second-order valence-electron chi connectivity index (χ2n) is 9.73. The van der Waals surface area contributed by atoms with Crippen molar-refractivity contribution in [1.29, 1.82) is 0 Å². The number of hydrogen-bond donors (Lipinski definition) is 3. The molecule has 1 aliphatic rings. The van der Waals surface area contributed by atoms with Crippen molar-refractivity contribution in [3.05, 3.63) is 89.0 Å². The lowest BCUT2D eigenvalue weighted by atomic mass is 10.00. The van der Waals surface area contributed by atoms with E-state index >= 15 is 0 Å². The highest BCUT2D eigenvalue weighted by atomic mass is 16.2. The molecule has 0 unspecified atom stereocenters. The zero-order valence-electron chi connectivity index (χ0n) is 22.8. The molecule has 1 aliphatic heterocycles. The number of carbonyl (C=O) groups is 2. The molecular formula is C31H34N6O2. The van der Waals surface area contributed by atoms with Crippen molar-refractivity contribution in [1.82, 2.24) is 25.0 Å². The fourth-order valence-electron chi connectivity index (χ4n) is 5.06. The summed E-state index contributed by atoms with van der Waals surface area (Å²) in [6.07, 6.45) is 5.65. The Kier molecular flexibility index (Phi) is 7.47. The molecule has 3 heterocycles. The van der Waals surface area contributed by atoms with E-state index in [0.717, 1.165) is 64.7 Å². The van der Waals surface area contributed by atoms with E-state index in [0.29, 0.717) is 17.7 Å². The van der Waals surface area contributed by atoms with Crippen LogP contribution in [0.4, 0.5) is 5.69 Å². The van der Waals surface area contributed by atoms with Crippen LogP contribution >= 0.6 is 0 Å². The van der Waals surface area contributed by atoms with Crippen molar-refractivity contribution < 1.29 is 9.59 Å². The van der Waals surface area contributed by atoms with Gasteiger partial charge in [-0.25, -0.2) is 4.68 Å². The second-order valence-corrected chi connectivity index (χ2v) is 9.73. The number of benzene rings is 2. The highest BCUT2D eigenvalue weighted by Crippen LogP contribution is 2.37. The van der Waals surface area contributed by atoms with Gasteiger partial charge in [-0.15, -0.1) is 0 Å². The third kappa shape index (κ3) is 5.28. The third-order valence-electron chi connectivity index (χ3n) is 7.34. The largest absolute Gasteiger partial charge is 0.358 e. The van der Waals surface area contributed by atoms with Crippen LogP contribution in [0.15, 0.2) is 60.9 Å². The topological polar surface area (TPSA) is 95.1 Å². The predicted molar refractivity (Wildman–Crippen MR) is 156 cm³/mol. The van der Waals surface area contributed by atoms with Crippen LogP contribution in [0.2, 0.25) is 0 Å². The van der Waals surface area contributed by atoms with Crippen LogP contribution in [0.5, 0.6) is 0 Å². The average Bonchev–Trinajstić information content (AvgIpc) is 3.63. The summed E-state index contributed by atoms with van der Waals surface area (Å²) in [5.41, 5.74) is 8.02. The van der Waals surface area contributed by atoms with Gasteiger partial charge in [-0.3, -0.25) is 9.59 Å². The number of aryl methyl sites for hydroxylation is 1. The molecule has 0 saturated heterocycles. The van der Waals surface area contributed by atoms with Gasteiger partial charge < -0.3 is 20.5 Å². The fraction of sp³-hybridized carbons (Fsp3) is 0.258. The van der Waals surface area contributed by atoms with E-state index in [1.54, 1.807) is 0 Å². The number of rotatable bonds is 9. The highest BCUT2D eigenvalue weighted by molar-refractivity contribution is 6.35. The van der Waals surface area contributed by atoms with Gasteiger partial charge in [0.2, 0.25) is 0 Å². The van der Waals surface area contributed by atoms with E-state index in [1.165, 1.54) is 0 Å². The minimum Gasteiger partial charge on any atom is -0.358 e. The van der Waals surface area contributed by atoms with Crippen molar-refractivity contribution in [2.45, 2.75) is 27.7 Å².